The first-order chi connectivity index (χ1) is 13.2. The summed E-state index contributed by atoms with van der Waals surface area (Å²) in [5, 5.41) is 1.37. The molecule has 0 aliphatic heterocycles. The average Bonchev–Trinajstić information content (AvgIpc) is 3.18. The van der Waals surface area contributed by atoms with Gasteiger partial charge in [-0.25, -0.2) is 0 Å². The Bertz CT molecular complexity index is 1250. The molecule has 134 valence electrons. The molecule has 3 heteroatoms. The van der Waals surface area contributed by atoms with E-state index in [1.165, 1.54) is 16.7 Å². The van der Waals surface area contributed by atoms with Crippen LogP contribution < -0.4 is 10.2 Å². The van der Waals surface area contributed by atoms with Gasteiger partial charge in [-0.15, -0.1) is 0 Å². The molecule has 1 aliphatic rings. The van der Waals surface area contributed by atoms with Crippen LogP contribution in [-0.2, 0) is 12.8 Å². The van der Waals surface area contributed by atoms with E-state index in [0.717, 1.165) is 47.1 Å². The maximum atomic E-state index is 13.3. The summed E-state index contributed by atoms with van der Waals surface area (Å²) in [6.07, 6.45) is 3.06. The number of para-hydroxylation sites is 1. The quantitative estimate of drug-likeness (QED) is 0.450. The van der Waals surface area contributed by atoms with Crippen molar-refractivity contribution in [2.24, 2.45) is 0 Å². The van der Waals surface area contributed by atoms with Crippen molar-refractivity contribution in [2.45, 2.75) is 26.2 Å². The van der Waals surface area contributed by atoms with Crippen molar-refractivity contribution >= 4 is 21.9 Å². The van der Waals surface area contributed by atoms with Crippen LogP contribution in [-0.4, -0.2) is 7.11 Å². The van der Waals surface area contributed by atoms with Crippen LogP contribution in [0.5, 0.6) is 5.75 Å². The van der Waals surface area contributed by atoms with Gasteiger partial charge in [-0.05, 0) is 78.3 Å². The fourth-order valence-corrected chi connectivity index (χ4v) is 4.47. The lowest BCUT2D eigenvalue weighted by Crippen LogP contribution is -2.07. The summed E-state index contributed by atoms with van der Waals surface area (Å²) in [5.74, 6) is 0.833. The van der Waals surface area contributed by atoms with Gasteiger partial charge in [0.05, 0.1) is 17.9 Å². The minimum atomic E-state index is 0.0637. The highest BCUT2D eigenvalue weighted by molar-refractivity contribution is 5.98. The van der Waals surface area contributed by atoms with Gasteiger partial charge in [0.15, 0.2) is 0 Å². The van der Waals surface area contributed by atoms with E-state index >= 15 is 0 Å². The molecule has 0 N–H and O–H groups in total. The standard InChI is InChI=1S/C24H20O3/c1-14-21(15-10-12-16(26-2)13-11-15)17-7-5-8-18(17)24-22(14)23(25)19-6-3-4-9-20(19)27-24/h3-4,6,9-13H,5,7-8H2,1-2H3. The number of hydrogen-bond acceptors (Lipinski definition) is 3. The van der Waals surface area contributed by atoms with Crippen LogP contribution in [0.15, 0.2) is 57.7 Å². The van der Waals surface area contributed by atoms with Crippen molar-refractivity contribution in [3.05, 3.63) is 75.4 Å². The first kappa shape index (κ1) is 16.1. The highest BCUT2D eigenvalue weighted by atomic mass is 16.5. The number of fused-ring (bicyclic) bond motifs is 4. The third-order valence-corrected chi connectivity index (χ3v) is 5.72. The van der Waals surface area contributed by atoms with E-state index < -0.39 is 0 Å². The molecule has 0 radical (unpaired) electrons. The predicted molar refractivity (Wildman–Crippen MR) is 109 cm³/mol. The van der Waals surface area contributed by atoms with Gasteiger partial charge in [-0.2, -0.15) is 0 Å². The topological polar surface area (TPSA) is 39.4 Å². The summed E-state index contributed by atoms with van der Waals surface area (Å²) in [5.41, 5.74) is 7.35. The molecule has 27 heavy (non-hydrogen) atoms. The number of methoxy groups -OCH3 is 1. The minimum absolute atomic E-state index is 0.0637. The molecule has 0 fully saturated rings. The molecule has 1 heterocycles. The molecular formula is C24H20O3. The van der Waals surface area contributed by atoms with E-state index in [0.29, 0.717) is 11.0 Å². The zero-order valence-corrected chi connectivity index (χ0v) is 15.5. The fourth-order valence-electron chi connectivity index (χ4n) is 4.47. The molecule has 4 aromatic rings. The van der Waals surface area contributed by atoms with Crippen LogP contribution in [0.3, 0.4) is 0 Å². The van der Waals surface area contributed by atoms with E-state index in [9.17, 15) is 4.79 Å². The van der Waals surface area contributed by atoms with Crippen LogP contribution in [0.2, 0.25) is 0 Å². The summed E-state index contributed by atoms with van der Waals surface area (Å²) in [6.45, 7) is 2.05. The number of rotatable bonds is 2. The number of hydrogen-bond donors (Lipinski definition) is 0. The first-order valence-corrected chi connectivity index (χ1v) is 9.33. The Labute approximate surface area is 157 Å². The van der Waals surface area contributed by atoms with Crippen molar-refractivity contribution < 1.29 is 9.15 Å². The minimum Gasteiger partial charge on any atom is -0.497 e. The SMILES string of the molecule is COc1ccc(-c2c3c(c4oc5ccccc5c(=O)c4c2C)CCC3)cc1. The lowest BCUT2D eigenvalue weighted by Gasteiger charge is -2.16. The Morgan fingerprint density at radius 3 is 2.48 bits per heavy atom. The smallest absolute Gasteiger partial charge is 0.200 e. The molecule has 0 saturated carbocycles. The fraction of sp³-hybridized carbons (Fsp3) is 0.208. The van der Waals surface area contributed by atoms with Crippen LogP contribution >= 0.6 is 0 Å². The second kappa shape index (κ2) is 5.98. The molecule has 0 atom stereocenters. The van der Waals surface area contributed by atoms with Gasteiger partial charge in [0.2, 0.25) is 5.43 Å². The highest BCUT2D eigenvalue weighted by Gasteiger charge is 2.25. The third-order valence-electron chi connectivity index (χ3n) is 5.72. The Kier molecular flexibility index (Phi) is 3.57. The lowest BCUT2D eigenvalue weighted by atomic mass is 9.89. The monoisotopic (exact) mass is 356 g/mol. The summed E-state index contributed by atoms with van der Waals surface area (Å²) in [7, 11) is 1.67. The zero-order valence-electron chi connectivity index (χ0n) is 15.5. The van der Waals surface area contributed by atoms with Gasteiger partial charge in [-0.3, -0.25) is 4.79 Å². The molecule has 0 spiro atoms. The van der Waals surface area contributed by atoms with E-state index in [1.807, 2.05) is 43.3 Å². The first-order valence-electron chi connectivity index (χ1n) is 9.33. The second-order valence-corrected chi connectivity index (χ2v) is 7.17. The molecular weight excluding hydrogens is 336 g/mol. The van der Waals surface area contributed by atoms with Gasteiger partial charge in [0, 0.05) is 0 Å². The Balaban J connectivity index is 1.92. The average molecular weight is 356 g/mol. The van der Waals surface area contributed by atoms with E-state index in [4.69, 9.17) is 9.15 Å². The van der Waals surface area contributed by atoms with E-state index in [-0.39, 0.29) is 5.43 Å². The molecule has 0 saturated heterocycles. The van der Waals surface area contributed by atoms with Crippen molar-refractivity contribution in [3.63, 3.8) is 0 Å². The van der Waals surface area contributed by atoms with Crippen molar-refractivity contribution in [3.8, 4) is 16.9 Å². The van der Waals surface area contributed by atoms with Gasteiger partial charge in [-0.1, -0.05) is 24.3 Å². The molecule has 1 aliphatic carbocycles. The van der Waals surface area contributed by atoms with Gasteiger partial charge in [0.1, 0.15) is 16.9 Å². The summed E-state index contributed by atoms with van der Waals surface area (Å²) >= 11 is 0. The highest BCUT2D eigenvalue weighted by Crippen LogP contribution is 2.41. The summed E-state index contributed by atoms with van der Waals surface area (Å²) in [4.78, 5) is 13.3. The number of ether oxygens (including phenoxy) is 1. The molecule has 3 nitrogen and oxygen atoms in total. The normalized spacial score (nSPS) is 13.3. The molecule has 1 aromatic heterocycles. The molecule has 0 unspecified atom stereocenters. The third kappa shape index (κ3) is 2.31. The Morgan fingerprint density at radius 1 is 0.963 bits per heavy atom. The molecule has 3 aromatic carbocycles. The van der Waals surface area contributed by atoms with Gasteiger partial charge < -0.3 is 9.15 Å². The lowest BCUT2D eigenvalue weighted by molar-refractivity contribution is 0.415. The Morgan fingerprint density at radius 2 is 1.70 bits per heavy atom. The van der Waals surface area contributed by atoms with Crippen molar-refractivity contribution in [1.29, 1.82) is 0 Å². The summed E-state index contributed by atoms with van der Waals surface area (Å²) < 4.78 is 11.6. The largest absolute Gasteiger partial charge is 0.497 e. The van der Waals surface area contributed by atoms with E-state index in [2.05, 4.69) is 12.1 Å². The van der Waals surface area contributed by atoms with Crippen LogP contribution in [0.4, 0.5) is 0 Å². The zero-order chi connectivity index (χ0) is 18.5. The molecule has 0 bridgehead atoms. The maximum Gasteiger partial charge on any atom is 0.200 e. The Hall–Kier alpha value is -3.07. The molecule has 5 rings (SSSR count). The predicted octanol–water partition coefficient (Wildman–Crippen LogP) is 5.42. The van der Waals surface area contributed by atoms with Crippen molar-refractivity contribution in [2.75, 3.05) is 7.11 Å². The van der Waals surface area contributed by atoms with Crippen LogP contribution in [0, 0.1) is 6.92 Å². The van der Waals surface area contributed by atoms with Crippen LogP contribution in [0.1, 0.15) is 23.1 Å². The number of aryl methyl sites for hydroxylation is 2. The van der Waals surface area contributed by atoms with Crippen molar-refractivity contribution in [1.82, 2.24) is 0 Å². The second-order valence-electron chi connectivity index (χ2n) is 7.17. The van der Waals surface area contributed by atoms with Gasteiger partial charge >= 0.3 is 0 Å². The molecule has 0 amide bonds. The number of benzene rings is 3. The summed E-state index contributed by atoms with van der Waals surface area (Å²) in [6, 6.07) is 15.6. The van der Waals surface area contributed by atoms with Gasteiger partial charge in [0.25, 0.3) is 0 Å². The van der Waals surface area contributed by atoms with Crippen LogP contribution in [0.25, 0.3) is 33.1 Å². The maximum absolute atomic E-state index is 13.3. The van der Waals surface area contributed by atoms with E-state index in [1.54, 1.807) is 7.11 Å².